The number of aryl methyl sites for hydroxylation is 1. The van der Waals surface area contributed by atoms with Gasteiger partial charge in [0.25, 0.3) is 0 Å². The van der Waals surface area contributed by atoms with E-state index in [2.05, 4.69) is 41.9 Å². The Bertz CT molecular complexity index is 501. The van der Waals surface area contributed by atoms with E-state index in [1.165, 1.54) is 57.5 Å². The van der Waals surface area contributed by atoms with E-state index in [1.54, 1.807) is 0 Å². The predicted octanol–water partition coefficient (Wildman–Crippen LogP) is 2.75. The summed E-state index contributed by atoms with van der Waals surface area (Å²) >= 11 is 0. The van der Waals surface area contributed by atoms with Crippen molar-refractivity contribution in [1.29, 1.82) is 0 Å². The number of rotatable bonds is 3. The predicted molar refractivity (Wildman–Crippen MR) is 90.7 cm³/mol. The third-order valence-corrected chi connectivity index (χ3v) is 5.12. The van der Waals surface area contributed by atoms with Gasteiger partial charge in [-0.05, 0) is 43.2 Å². The lowest BCUT2D eigenvalue weighted by Gasteiger charge is -2.42. The zero-order valence-corrected chi connectivity index (χ0v) is 14.8. The SMILES string of the molecule is Cn1cc(CN2CCC3(CCCN(CC(C)(C)C)C3)C2)cn1. The van der Waals surface area contributed by atoms with Crippen molar-refractivity contribution >= 4 is 0 Å². The van der Waals surface area contributed by atoms with E-state index < -0.39 is 0 Å². The minimum Gasteiger partial charge on any atom is -0.302 e. The maximum Gasteiger partial charge on any atom is 0.0534 e. The van der Waals surface area contributed by atoms with E-state index in [4.69, 9.17) is 0 Å². The second-order valence-electron chi connectivity index (χ2n) is 8.86. The Morgan fingerprint density at radius 1 is 1.14 bits per heavy atom. The van der Waals surface area contributed by atoms with E-state index >= 15 is 0 Å². The van der Waals surface area contributed by atoms with Gasteiger partial charge in [0.15, 0.2) is 0 Å². The maximum absolute atomic E-state index is 4.30. The van der Waals surface area contributed by atoms with Crippen LogP contribution in [0.4, 0.5) is 0 Å². The van der Waals surface area contributed by atoms with Crippen LogP contribution in [0.25, 0.3) is 0 Å². The molecule has 1 aromatic heterocycles. The van der Waals surface area contributed by atoms with E-state index in [9.17, 15) is 0 Å². The average molecular weight is 304 g/mol. The summed E-state index contributed by atoms with van der Waals surface area (Å²) in [4.78, 5) is 5.36. The minimum absolute atomic E-state index is 0.409. The monoisotopic (exact) mass is 304 g/mol. The van der Waals surface area contributed by atoms with Crippen molar-refractivity contribution in [1.82, 2.24) is 19.6 Å². The largest absolute Gasteiger partial charge is 0.302 e. The highest BCUT2D eigenvalue weighted by Crippen LogP contribution is 2.40. The molecule has 1 aromatic rings. The summed E-state index contributed by atoms with van der Waals surface area (Å²) in [5.41, 5.74) is 2.31. The maximum atomic E-state index is 4.30. The molecule has 4 nitrogen and oxygen atoms in total. The minimum atomic E-state index is 0.409. The summed E-state index contributed by atoms with van der Waals surface area (Å²) in [6.07, 6.45) is 8.32. The first-order valence-electron chi connectivity index (χ1n) is 8.76. The molecular weight excluding hydrogens is 272 g/mol. The molecule has 0 amide bonds. The molecule has 2 fully saturated rings. The Labute approximate surface area is 135 Å². The summed E-state index contributed by atoms with van der Waals surface area (Å²) < 4.78 is 1.91. The smallest absolute Gasteiger partial charge is 0.0534 e. The van der Waals surface area contributed by atoms with Gasteiger partial charge in [0.05, 0.1) is 6.20 Å². The molecule has 0 radical (unpaired) electrons. The fourth-order valence-electron chi connectivity index (χ4n) is 4.42. The molecule has 1 unspecified atom stereocenters. The second-order valence-corrected chi connectivity index (χ2v) is 8.86. The van der Waals surface area contributed by atoms with Gasteiger partial charge in [0.1, 0.15) is 0 Å². The highest BCUT2D eigenvalue weighted by molar-refractivity contribution is 5.05. The molecule has 3 heterocycles. The van der Waals surface area contributed by atoms with Crippen LogP contribution in [-0.2, 0) is 13.6 Å². The van der Waals surface area contributed by atoms with Crippen LogP contribution < -0.4 is 0 Å². The Hall–Kier alpha value is -0.870. The number of likely N-dealkylation sites (tertiary alicyclic amines) is 2. The summed E-state index contributed by atoms with van der Waals surface area (Å²) in [5.74, 6) is 0. The van der Waals surface area contributed by atoms with Crippen molar-refractivity contribution < 1.29 is 0 Å². The van der Waals surface area contributed by atoms with Gasteiger partial charge >= 0.3 is 0 Å². The zero-order chi connectivity index (χ0) is 15.8. The van der Waals surface area contributed by atoms with Crippen LogP contribution in [-0.4, -0.2) is 52.3 Å². The molecule has 124 valence electrons. The van der Waals surface area contributed by atoms with E-state index in [0.717, 1.165) is 6.54 Å². The lowest BCUT2D eigenvalue weighted by molar-refractivity contribution is 0.0672. The quantitative estimate of drug-likeness (QED) is 0.858. The van der Waals surface area contributed by atoms with Crippen molar-refractivity contribution in [3.05, 3.63) is 18.0 Å². The Kier molecular flexibility index (Phi) is 4.34. The molecule has 22 heavy (non-hydrogen) atoms. The Morgan fingerprint density at radius 2 is 1.91 bits per heavy atom. The molecule has 0 N–H and O–H groups in total. The van der Waals surface area contributed by atoms with Crippen LogP contribution in [0.1, 0.15) is 45.6 Å². The number of hydrogen-bond acceptors (Lipinski definition) is 3. The molecule has 0 saturated carbocycles. The molecule has 4 heteroatoms. The third-order valence-electron chi connectivity index (χ3n) is 5.12. The average Bonchev–Trinajstić information content (AvgIpc) is 2.96. The van der Waals surface area contributed by atoms with Gasteiger partial charge < -0.3 is 4.90 Å². The van der Waals surface area contributed by atoms with Gasteiger partial charge in [-0.3, -0.25) is 9.58 Å². The number of aromatic nitrogens is 2. The van der Waals surface area contributed by atoms with Gasteiger partial charge in [0.2, 0.25) is 0 Å². The van der Waals surface area contributed by atoms with Crippen LogP contribution in [0.15, 0.2) is 12.4 Å². The Morgan fingerprint density at radius 3 is 2.59 bits per heavy atom. The van der Waals surface area contributed by atoms with Crippen LogP contribution in [0, 0.1) is 10.8 Å². The standard InChI is InChI=1S/C18H32N4/c1-17(2,3)13-22-8-5-6-18(15-22)7-9-21(14-18)12-16-10-19-20(4)11-16/h10-11H,5-9,12-15H2,1-4H3. The van der Waals surface area contributed by atoms with Gasteiger partial charge in [-0.25, -0.2) is 0 Å². The normalized spacial score (nSPS) is 27.8. The Balaban J connectivity index is 1.58. The molecule has 0 aromatic carbocycles. The van der Waals surface area contributed by atoms with Crippen molar-refractivity contribution in [3.63, 3.8) is 0 Å². The second kappa shape index (κ2) is 5.97. The highest BCUT2D eigenvalue weighted by atomic mass is 15.3. The van der Waals surface area contributed by atoms with Gasteiger partial charge in [-0.1, -0.05) is 20.8 Å². The van der Waals surface area contributed by atoms with E-state index in [1.807, 2.05) is 17.9 Å². The molecule has 0 bridgehead atoms. The molecule has 0 aliphatic carbocycles. The van der Waals surface area contributed by atoms with Crippen molar-refractivity contribution in [3.8, 4) is 0 Å². The van der Waals surface area contributed by atoms with Gasteiger partial charge in [-0.2, -0.15) is 5.10 Å². The molecule has 1 spiro atoms. The summed E-state index contributed by atoms with van der Waals surface area (Å²) in [5, 5.41) is 4.30. The van der Waals surface area contributed by atoms with E-state index in [0.29, 0.717) is 10.8 Å². The topological polar surface area (TPSA) is 24.3 Å². The molecule has 2 aliphatic heterocycles. The lowest BCUT2D eigenvalue weighted by Crippen LogP contribution is -2.47. The van der Waals surface area contributed by atoms with E-state index in [-0.39, 0.29) is 0 Å². The first-order chi connectivity index (χ1) is 10.3. The number of hydrogen-bond donors (Lipinski definition) is 0. The van der Waals surface area contributed by atoms with Crippen molar-refractivity contribution in [2.24, 2.45) is 17.9 Å². The molecule has 3 rings (SSSR count). The number of nitrogens with zero attached hydrogens (tertiary/aromatic N) is 4. The molecule has 1 atom stereocenters. The number of piperidine rings is 1. The van der Waals surface area contributed by atoms with Crippen LogP contribution in [0.5, 0.6) is 0 Å². The zero-order valence-electron chi connectivity index (χ0n) is 14.8. The lowest BCUT2D eigenvalue weighted by atomic mass is 9.78. The summed E-state index contributed by atoms with van der Waals surface area (Å²) in [7, 11) is 2.00. The van der Waals surface area contributed by atoms with Crippen LogP contribution in [0.3, 0.4) is 0 Å². The van der Waals surface area contributed by atoms with Gasteiger partial charge in [-0.15, -0.1) is 0 Å². The first kappa shape index (κ1) is 16.0. The van der Waals surface area contributed by atoms with Crippen molar-refractivity contribution in [2.45, 2.75) is 46.6 Å². The molecule has 2 aliphatic rings. The van der Waals surface area contributed by atoms with Crippen LogP contribution in [0.2, 0.25) is 0 Å². The highest BCUT2D eigenvalue weighted by Gasteiger charge is 2.41. The fourth-order valence-corrected chi connectivity index (χ4v) is 4.42. The fraction of sp³-hybridized carbons (Fsp3) is 0.833. The van der Waals surface area contributed by atoms with Gasteiger partial charge in [0, 0.05) is 45.0 Å². The third kappa shape index (κ3) is 3.90. The molecular formula is C18H32N4. The summed E-state index contributed by atoms with van der Waals surface area (Å²) in [6, 6.07) is 0. The summed E-state index contributed by atoms with van der Waals surface area (Å²) in [6.45, 7) is 14.5. The van der Waals surface area contributed by atoms with Crippen molar-refractivity contribution in [2.75, 3.05) is 32.7 Å². The molecule has 2 saturated heterocycles. The first-order valence-corrected chi connectivity index (χ1v) is 8.76. The van der Waals surface area contributed by atoms with Crippen LogP contribution >= 0.6 is 0 Å².